The van der Waals surface area contributed by atoms with Gasteiger partial charge in [0.2, 0.25) is 0 Å². The second kappa shape index (κ2) is 6.92. The van der Waals surface area contributed by atoms with Crippen LogP contribution in [0, 0.1) is 0 Å². The molecule has 2 heterocycles. The lowest BCUT2D eigenvalue weighted by molar-refractivity contribution is -0.142. The minimum absolute atomic E-state index is 0.117. The molecule has 1 aromatic carbocycles. The van der Waals surface area contributed by atoms with Gasteiger partial charge in [-0.25, -0.2) is 9.97 Å². The van der Waals surface area contributed by atoms with Crippen molar-refractivity contribution in [3.05, 3.63) is 46.6 Å². The quantitative estimate of drug-likeness (QED) is 0.655. The molecule has 0 aliphatic heterocycles. The van der Waals surface area contributed by atoms with Gasteiger partial charge in [0.05, 0.1) is 12.3 Å². The maximum atomic E-state index is 11.9. The maximum absolute atomic E-state index is 11.9. The predicted octanol–water partition coefficient (Wildman–Crippen LogP) is 4.34. The van der Waals surface area contributed by atoms with Crippen molar-refractivity contribution in [1.29, 1.82) is 0 Å². The van der Waals surface area contributed by atoms with Crippen molar-refractivity contribution in [1.82, 2.24) is 9.97 Å². The Bertz CT molecular complexity index is 918. The van der Waals surface area contributed by atoms with Crippen molar-refractivity contribution in [2.75, 3.05) is 6.61 Å². The average molecular weight is 352 g/mol. The molecule has 0 saturated heterocycles. The largest absolute Gasteiger partial charge is 0.466 e. The van der Waals surface area contributed by atoms with Crippen LogP contribution in [0.2, 0.25) is 0 Å². The van der Waals surface area contributed by atoms with Gasteiger partial charge >= 0.3 is 5.97 Å². The third kappa shape index (κ3) is 3.16. The summed E-state index contributed by atoms with van der Waals surface area (Å²) in [5.74, 6) is 0.269. The third-order valence-electron chi connectivity index (χ3n) is 4.52. The topological polar surface area (TPSA) is 52.1 Å². The van der Waals surface area contributed by atoms with Crippen LogP contribution >= 0.6 is 11.3 Å². The summed E-state index contributed by atoms with van der Waals surface area (Å²) in [5.41, 5.74) is 3.43. The van der Waals surface area contributed by atoms with E-state index in [1.807, 2.05) is 25.1 Å². The fourth-order valence-electron chi connectivity index (χ4n) is 3.43. The number of carbonyl (C=O) groups excluding carboxylic acids is 1. The number of nitrogens with zero attached hydrogens (tertiary/aromatic N) is 2. The Hall–Kier alpha value is -2.27. The second-order valence-corrected chi connectivity index (χ2v) is 7.31. The molecule has 0 saturated carbocycles. The van der Waals surface area contributed by atoms with Gasteiger partial charge in [-0.2, -0.15) is 0 Å². The molecular weight excluding hydrogens is 332 g/mol. The summed E-state index contributed by atoms with van der Waals surface area (Å²) < 4.78 is 5.07. The number of hydrogen-bond donors (Lipinski definition) is 0. The highest BCUT2D eigenvalue weighted by Gasteiger charge is 2.22. The molecule has 0 amide bonds. The summed E-state index contributed by atoms with van der Waals surface area (Å²) in [7, 11) is 0. The fourth-order valence-corrected chi connectivity index (χ4v) is 4.71. The zero-order chi connectivity index (χ0) is 17.2. The van der Waals surface area contributed by atoms with E-state index < -0.39 is 0 Å². The first-order chi connectivity index (χ1) is 12.3. The van der Waals surface area contributed by atoms with Crippen molar-refractivity contribution >= 4 is 27.5 Å². The maximum Gasteiger partial charge on any atom is 0.313 e. The molecule has 128 valence electrons. The van der Waals surface area contributed by atoms with E-state index in [9.17, 15) is 4.79 Å². The third-order valence-corrected chi connectivity index (χ3v) is 5.70. The van der Waals surface area contributed by atoms with Crippen LogP contribution in [0.4, 0.5) is 0 Å². The number of fused-ring (bicyclic) bond motifs is 3. The van der Waals surface area contributed by atoms with Gasteiger partial charge in [0.15, 0.2) is 0 Å². The predicted molar refractivity (Wildman–Crippen MR) is 99.8 cm³/mol. The van der Waals surface area contributed by atoms with Crippen molar-refractivity contribution in [3.8, 4) is 11.3 Å². The smallest absolute Gasteiger partial charge is 0.313 e. The Morgan fingerprint density at radius 2 is 1.96 bits per heavy atom. The summed E-state index contributed by atoms with van der Waals surface area (Å²) in [6.07, 6.45) is 4.79. The number of aryl methyl sites for hydroxylation is 2. The normalized spacial score (nSPS) is 13.6. The first kappa shape index (κ1) is 16.2. The molecule has 3 aromatic rings. The molecule has 0 bridgehead atoms. The zero-order valence-electron chi connectivity index (χ0n) is 14.2. The van der Waals surface area contributed by atoms with Gasteiger partial charge < -0.3 is 4.74 Å². The van der Waals surface area contributed by atoms with Crippen LogP contribution < -0.4 is 0 Å². The first-order valence-electron chi connectivity index (χ1n) is 8.78. The highest BCUT2D eigenvalue weighted by atomic mass is 32.1. The fraction of sp³-hybridized carbons (Fsp3) is 0.350. The minimum Gasteiger partial charge on any atom is -0.466 e. The van der Waals surface area contributed by atoms with Crippen LogP contribution in [0.3, 0.4) is 0 Å². The summed E-state index contributed by atoms with van der Waals surface area (Å²) in [6, 6.07) is 10.2. The number of thiophene rings is 1. The van der Waals surface area contributed by atoms with Crippen LogP contribution in [0.5, 0.6) is 0 Å². The lowest BCUT2D eigenvalue weighted by Gasteiger charge is -2.12. The van der Waals surface area contributed by atoms with E-state index in [2.05, 4.69) is 12.1 Å². The van der Waals surface area contributed by atoms with E-state index in [1.54, 1.807) is 11.3 Å². The second-order valence-electron chi connectivity index (χ2n) is 6.23. The molecule has 1 aliphatic rings. The molecule has 0 radical (unpaired) electrons. The molecule has 0 spiro atoms. The van der Waals surface area contributed by atoms with Crippen LogP contribution in [0.25, 0.3) is 21.5 Å². The highest BCUT2D eigenvalue weighted by molar-refractivity contribution is 7.19. The monoisotopic (exact) mass is 352 g/mol. The summed E-state index contributed by atoms with van der Waals surface area (Å²) >= 11 is 1.76. The van der Waals surface area contributed by atoms with Crippen molar-refractivity contribution in [3.63, 3.8) is 0 Å². The number of ether oxygens (including phenoxy) is 1. The number of carbonyl (C=O) groups is 1. The molecule has 4 rings (SSSR count). The molecule has 4 nitrogen and oxygen atoms in total. The van der Waals surface area contributed by atoms with E-state index in [1.165, 1.54) is 28.7 Å². The van der Waals surface area contributed by atoms with Crippen LogP contribution in [-0.2, 0) is 28.8 Å². The molecule has 0 fully saturated rings. The molecular formula is C20H20N2O2S. The van der Waals surface area contributed by atoms with Gasteiger partial charge in [0.25, 0.3) is 0 Å². The number of rotatable bonds is 4. The Kier molecular flexibility index (Phi) is 4.49. The average Bonchev–Trinajstić information content (AvgIpc) is 3.00. The van der Waals surface area contributed by atoms with Gasteiger partial charge in [-0.3, -0.25) is 4.79 Å². The number of hydrogen-bond acceptors (Lipinski definition) is 5. The van der Waals surface area contributed by atoms with E-state index >= 15 is 0 Å². The molecule has 5 heteroatoms. The van der Waals surface area contributed by atoms with Crippen LogP contribution in [0.15, 0.2) is 30.3 Å². The SMILES string of the molecule is CCOC(=O)Cc1nc(-c2ccccc2)c2c3c(sc2n1)CCCC3. The van der Waals surface area contributed by atoms with Crippen LogP contribution in [0.1, 0.15) is 36.0 Å². The van der Waals surface area contributed by atoms with Gasteiger partial charge in [-0.05, 0) is 38.2 Å². The van der Waals surface area contributed by atoms with Crippen LogP contribution in [-0.4, -0.2) is 22.5 Å². The number of benzene rings is 1. The van der Waals surface area contributed by atoms with Crippen molar-refractivity contribution in [2.45, 2.75) is 39.0 Å². The Morgan fingerprint density at radius 1 is 1.16 bits per heavy atom. The van der Waals surface area contributed by atoms with E-state index in [4.69, 9.17) is 14.7 Å². The van der Waals surface area contributed by atoms with Gasteiger partial charge in [0.1, 0.15) is 17.1 Å². The number of aromatic nitrogens is 2. The summed E-state index contributed by atoms with van der Waals surface area (Å²) in [5, 5.41) is 1.18. The van der Waals surface area contributed by atoms with Gasteiger partial charge in [-0.15, -0.1) is 11.3 Å². The van der Waals surface area contributed by atoms with Gasteiger partial charge in [-0.1, -0.05) is 30.3 Å². The van der Waals surface area contributed by atoms with E-state index in [-0.39, 0.29) is 12.4 Å². The van der Waals surface area contributed by atoms with Crippen molar-refractivity contribution in [2.24, 2.45) is 0 Å². The Morgan fingerprint density at radius 3 is 2.76 bits per heavy atom. The summed E-state index contributed by atoms with van der Waals surface area (Å²) in [4.78, 5) is 23.8. The lowest BCUT2D eigenvalue weighted by atomic mass is 9.95. The highest BCUT2D eigenvalue weighted by Crippen LogP contribution is 2.39. The first-order valence-corrected chi connectivity index (χ1v) is 9.60. The lowest BCUT2D eigenvalue weighted by Crippen LogP contribution is -2.11. The standard InChI is InChI=1S/C20H20N2O2S/c1-2-24-17(23)12-16-21-19(13-8-4-3-5-9-13)18-14-10-6-7-11-15(14)25-20(18)22-16/h3-5,8-9H,2,6-7,10-12H2,1H3. The minimum atomic E-state index is -0.276. The molecule has 0 atom stereocenters. The molecule has 0 unspecified atom stereocenters. The van der Waals surface area contributed by atoms with E-state index in [0.717, 1.165) is 28.9 Å². The Balaban J connectivity index is 1.89. The Labute approximate surface area is 150 Å². The van der Waals surface area contributed by atoms with Crippen molar-refractivity contribution < 1.29 is 9.53 Å². The number of esters is 1. The summed E-state index contributed by atoms with van der Waals surface area (Å²) in [6.45, 7) is 2.19. The van der Waals surface area contributed by atoms with E-state index in [0.29, 0.717) is 12.4 Å². The molecule has 1 aliphatic carbocycles. The van der Waals surface area contributed by atoms with Gasteiger partial charge in [0, 0.05) is 15.8 Å². The molecule has 2 aromatic heterocycles. The molecule has 0 N–H and O–H groups in total. The molecule has 25 heavy (non-hydrogen) atoms. The zero-order valence-corrected chi connectivity index (χ0v) is 15.1.